The van der Waals surface area contributed by atoms with E-state index in [1.54, 1.807) is 19.2 Å². The Morgan fingerprint density at radius 1 is 1.04 bits per heavy atom. The zero-order valence-electron chi connectivity index (χ0n) is 15.2. The van der Waals surface area contributed by atoms with Gasteiger partial charge >= 0.3 is 0 Å². The molecular formula is C20H24N4O2. The molecule has 2 amide bonds. The number of benzene rings is 1. The van der Waals surface area contributed by atoms with Crippen molar-refractivity contribution in [2.45, 2.75) is 20.4 Å². The average Bonchev–Trinajstić information content (AvgIpc) is 2.67. The van der Waals surface area contributed by atoms with Crippen molar-refractivity contribution in [3.05, 3.63) is 59.3 Å². The van der Waals surface area contributed by atoms with Crippen molar-refractivity contribution in [3.8, 4) is 0 Å². The smallest absolute Gasteiger partial charge is 0.253 e. The quantitative estimate of drug-likeness (QED) is 0.914. The number of nitrogens with one attached hydrogen (secondary N) is 1. The minimum absolute atomic E-state index is 0.109. The first-order chi connectivity index (χ1) is 12.5. The topological polar surface area (TPSA) is 65.5 Å². The number of pyridine rings is 1. The summed E-state index contributed by atoms with van der Waals surface area (Å²) in [6.45, 7) is 7.05. The zero-order chi connectivity index (χ0) is 18.5. The second kappa shape index (κ2) is 7.99. The van der Waals surface area contributed by atoms with E-state index in [2.05, 4.69) is 15.2 Å². The highest BCUT2D eigenvalue weighted by atomic mass is 16.2. The molecule has 1 fully saturated rings. The molecule has 0 radical (unpaired) electrons. The van der Waals surface area contributed by atoms with Gasteiger partial charge in [-0.15, -0.1) is 0 Å². The van der Waals surface area contributed by atoms with Gasteiger partial charge in [0.1, 0.15) is 5.82 Å². The highest BCUT2D eigenvalue weighted by molar-refractivity contribution is 5.94. The maximum atomic E-state index is 12.3. The molecule has 0 aliphatic carbocycles. The summed E-state index contributed by atoms with van der Waals surface area (Å²) < 4.78 is 0. The SMILES string of the molecule is CC(=O)N1CCN(c2ccc(C(=O)NCc3ccc(C)cc3)cn2)CC1. The third-order valence-electron chi connectivity index (χ3n) is 4.63. The van der Waals surface area contributed by atoms with Gasteiger partial charge in [-0.3, -0.25) is 9.59 Å². The van der Waals surface area contributed by atoms with Crippen LogP contribution in [0.3, 0.4) is 0 Å². The summed E-state index contributed by atoms with van der Waals surface area (Å²) in [6.07, 6.45) is 1.61. The number of anilines is 1. The molecule has 1 aromatic heterocycles. The summed E-state index contributed by atoms with van der Waals surface area (Å²) in [5.41, 5.74) is 2.81. The molecule has 1 N–H and O–H groups in total. The Kier molecular flexibility index (Phi) is 5.51. The normalized spacial score (nSPS) is 14.2. The molecular weight excluding hydrogens is 328 g/mol. The Balaban J connectivity index is 1.54. The van der Waals surface area contributed by atoms with Crippen LogP contribution in [0.5, 0.6) is 0 Å². The second-order valence-electron chi connectivity index (χ2n) is 6.57. The molecule has 1 aliphatic rings. The Morgan fingerprint density at radius 3 is 2.31 bits per heavy atom. The first-order valence-electron chi connectivity index (χ1n) is 8.83. The lowest BCUT2D eigenvalue weighted by Gasteiger charge is -2.34. The molecule has 2 heterocycles. The first-order valence-corrected chi connectivity index (χ1v) is 8.83. The third kappa shape index (κ3) is 4.39. The number of carbonyl (C=O) groups excluding carboxylic acids is 2. The van der Waals surface area contributed by atoms with Crippen molar-refractivity contribution in [2.24, 2.45) is 0 Å². The molecule has 0 atom stereocenters. The number of aromatic nitrogens is 1. The molecule has 1 saturated heterocycles. The molecule has 0 spiro atoms. The molecule has 0 saturated carbocycles. The minimum Gasteiger partial charge on any atom is -0.353 e. The molecule has 136 valence electrons. The van der Waals surface area contributed by atoms with E-state index in [1.165, 1.54) is 5.56 Å². The summed E-state index contributed by atoms with van der Waals surface area (Å²) in [5, 5.41) is 2.92. The van der Waals surface area contributed by atoms with Gasteiger partial charge in [0.2, 0.25) is 5.91 Å². The summed E-state index contributed by atoms with van der Waals surface area (Å²) in [5.74, 6) is 0.813. The number of amides is 2. The van der Waals surface area contributed by atoms with Crippen molar-refractivity contribution >= 4 is 17.6 Å². The second-order valence-corrected chi connectivity index (χ2v) is 6.57. The lowest BCUT2D eigenvalue weighted by molar-refractivity contribution is -0.129. The van der Waals surface area contributed by atoms with E-state index >= 15 is 0 Å². The molecule has 6 heteroatoms. The maximum Gasteiger partial charge on any atom is 0.253 e. The van der Waals surface area contributed by atoms with Gasteiger partial charge in [0.25, 0.3) is 5.91 Å². The molecule has 0 unspecified atom stereocenters. The summed E-state index contributed by atoms with van der Waals surface area (Å²) >= 11 is 0. The van der Waals surface area contributed by atoms with E-state index in [4.69, 9.17) is 0 Å². The van der Waals surface area contributed by atoms with Crippen LogP contribution in [0.15, 0.2) is 42.6 Å². The minimum atomic E-state index is -0.133. The number of rotatable bonds is 4. The van der Waals surface area contributed by atoms with Crippen molar-refractivity contribution in [3.63, 3.8) is 0 Å². The van der Waals surface area contributed by atoms with E-state index in [0.29, 0.717) is 25.2 Å². The molecule has 3 rings (SSSR count). The van der Waals surface area contributed by atoms with Crippen LogP contribution in [0.1, 0.15) is 28.4 Å². The molecule has 1 aliphatic heterocycles. The number of carbonyl (C=O) groups is 2. The summed E-state index contributed by atoms with van der Waals surface area (Å²) in [4.78, 5) is 32.1. The van der Waals surface area contributed by atoms with Gasteiger partial charge in [-0.05, 0) is 24.6 Å². The fourth-order valence-electron chi connectivity index (χ4n) is 2.95. The van der Waals surface area contributed by atoms with Crippen LogP contribution in [-0.2, 0) is 11.3 Å². The van der Waals surface area contributed by atoms with Crippen molar-refractivity contribution in [2.75, 3.05) is 31.1 Å². The number of hydrogen-bond acceptors (Lipinski definition) is 4. The Labute approximate surface area is 153 Å². The van der Waals surface area contributed by atoms with Gasteiger partial charge < -0.3 is 15.1 Å². The molecule has 0 bridgehead atoms. The summed E-state index contributed by atoms with van der Waals surface area (Å²) in [7, 11) is 0. The zero-order valence-corrected chi connectivity index (χ0v) is 15.2. The van der Waals surface area contributed by atoms with Crippen LogP contribution < -0.4 is 10.2 Å². The molecule has 6 nitrogen and oxygen atoms in total. The van der Waals surface area contributed by atoms with Crippen LogP contribution in [0.4, 0.5) is 5.82 Å². The highest BCUT2D eigenvalue weighted by Crippen LogP contribution is 2.14. The van der Waals surface area contributed by atoms with Crippen LogP contribution in [-0.4, -0.2) is 47.9 Å². The van der Waals surface area contributed by atoms with Crippen LogP contribution >= 0.6 is 0 Å². The Morgan fingerprint density at radius 2 is 1.73 bits per heavy atom. The number of hydrogen-bond donors (Lipinski definition) is 1. The van der Waals surface area contributed by atoms with Gasteiger partial charge in [-0.2, -0.15) is 0 Å². The number of nitrogens with zero attached hydrogens (tertiary/aromatic N) is 3. The monoisotopic (exact) mass is 352 g/mol. The van der Waals surface area contributed by atoms with Crippen molar-refractivity contribution < 1.29 is 9.59 Å². The lowest BCUT2D eigenvalue weighted by Crippen LogP contribution is -2.48. The predicted molar refractivity (Wildman–Crippen MR) is 101 cm³/mol. The van der Waals surface area contributed by atoms with Gasteiger partial charge in [0.15, 0.2) is 0 Å². The van der Waals surface area contributed by atoms with E-state index in [0.717, 1.165) is 24.5 Å². The van der Waals surface area contributed by atoms with Gasteiger partial charge in [0.05, 0.1) is 5.56 Å². The first kappa shape index (κ1) is 17.9. The van der Waals surface area contributed by atoms with Crippen LogP contribution in [0, 0.1) is 6.92 Å². The molecule has 2 aromatic rings. The van der Waals surface area contributed by atoms with Gasteiger partial charge in [0, 0.05) is 45.8 Å². The van der Waals surface area contributed by atoms with E-state index in [1.807, 2.05) is 42.2 Å². The third-order valence-corrected chi connectivity index (χ3v) is 4.63. The van der Waals surface area contributed by atoms with E-state index < -0.39 is 0 Å². The Hall–Kier alpha value is -2.89. The van der Waals surface area contributed by atoms with Crippen molar-refractivity contribution in [1.29, 1.82) is 0 Å². The molecule has 26 heavy (non-hydrogen) atoms. The number of aryl methyl sites for hydroxylation is 1. The van der Waals surface area contributed by atoms with Gasteiger partial charge in [-0.1, -0.05) is 29.8 Å². The predicted octanol–water partition coefficient (Wildman–Crippen LogP) is 1.99. The van der Waals surface area contributed by atoms with Crippen LogP contribution in [0.25, 0.3) is 0 Å². The average molecular weight is 352 g/mol. The van der Waals surface area contributed by atoms with Crippen molar-refractivity contribution in [1.82, 2.24) is 15.2 Å². The molecule has 1 aromatic carbocycles. The fraction of sp³-hybridized carbons (Fsp3) is 0.350. The maximum absolute atomic E-state index is 12.3. The lowest BCUT2D eigenvalue weighted by atomic mass is 10.1. The standard InChI is InChI=1S/C20H24N4O2/c1-15-3-5-17(6-4-15)13-22-20(26)18-7-8-19(21-14-18)24-11-9-23(10-12-24)16(2)25/h3-8,14H,9-13H2,1-2H3,(H,22,26). The van der Waals surface area contributed by atoms with E-state index in [-0.39, 0.29) is 11.8 Å². The fourth-order valence-corrected chi connectivity index (χ4v) is 2.95. The Bertz CT molecular complexity index is 763. The largest absolute Gasteiger partial charge is 0.353 e. The number of piperazine rings is 1. The van der Waals surface area contributed by atoms with Crippen LogP contribution in [0.2, 0.25) is 0 Å². The van der Waals surface area contributed by atoms with Gasteiger partial charge in [-0.25, -0.2) is 4.98 Å². The summed E-state index contributed by atoms with van der Waals surface area (Å²) in [6, 6.07) is 11.7. The van der Waals surface area contributed by atoms with E-state index in [9.17, 15) is 9.59 Å². The highest BCUT2D eigenvalue weighted by Gasteiger charge is 2.19.